The van der Waals surface area contributed by atoms with Crippen LogP contribution in [0.1, 0.15) is 149 Å². The smallest absolute Gasteiger partial charge is 0.429 e. The highest BCUT2D eigenvalue weighted by molar-refractivity contribution is 5.98. The van der Waals surface area contributed by atoms with E-state index in [4.69, 9.17) is 9.57 Å². The number of ether oxygens (including phenoxy) is 1. The third-order valence-electron chi connectivity index (χ3n) is 13.2. The lowest BCUT2D eigenvalue weighted by atomic mass is 9.47. The number of allylic oxidation sites excluding steroid dienone is 1. The first-order valence-electron chi connectivity index (χ1n) is 18.8. The van der Waals surface area contributed by atoms with Crippen molar-refractivity contribution in [2.24, 2.45) is 51.5 Å². The Morgan fingerprint density at radius 1 is 0.956 bits per heavy atom. The summed E-state index contributed by atoms with van der Waals surface area (Å²) in [6.07, 6.45) is 20.4. The van der Waals surface area contributed by atoms with Crippen molar-refractivity contribution in [3.05, 3.63) is 47.0 Å². The van der Waals surface area contributed by atoms with Crippen molar-refractivity contribution in [2.45, 2.75) is 151 Å². The lowest BCUT2D eigenvalue weighted by Gasteiger charge is -2.58. The van der Waals surface area contributed by atoms with Gasteiger partial charge in [0.1, 0.15) is 6.10 Å². The number of hydrogen-bond acceptors (Lipinski definition) is 4. The van der Waals surface area contributed by atoms with Gasteiger partial charge in [0.05, 0.1) is 5.71 Å². The first-order valence-corrected chi connectivity index (χ1v) is 18.8. The van der Waals surface area contributed by atoms with Crippen molar-refractivity contribution in [3.63, 3.8) is 0 Å². The fraction of sp³-hybridized carbons (Fsp3) is 0.756. The summed E-state index contributed by atoms with van der Waals surface area (Å²) in [6, 6.07) is 8.43. The Kier molecular flexibility index (Phi) is 11.2. The van der Waals surface area contributed by atoms with Crippen molar-refractivity contribution >= 4 is 11.9 Å². The van der Waals surface area contributed by atoms with E-state index in [1.165, 1.54) is 81.8 Å². The first kappa shape index (κ1) is 34.2. The Labute approximate surface area is 275 Å². The maximum absolute atomic E-state index is 12.7. The summed E-state index contributed by atoms with van der Waals surface area (Å²) in [4.78, 5) is 17.9. The molecule has 4 nitrogen and oxygen atoms in total. The van der Waals surface area contributed by atoms with Crippen molar-refractivity contribution < 1.29 is 14.4 Å². The van der Waals surface area contributed by atoms with Gasteiger partial charge in [-0.1, -0.05) is 115 Å². The molecule has 1 aromatic carbocycles. The van der Waals surface area contributed by atoms with Gasteiger partial charge in [0.25, 0.3) is 0 Å². The fourth-order valence-corrected chi connectivity index (χ4v) is 10.6. The molecule has 4 aliphatic rings. The van der Waals surface area contributed by atoms with Gasteiger partial charge in [-0.15, -0.1) is 0 Å². The van der Waals surface area contributed by atoms with Gasteiger partial charge in [-0.05, 0) is 122 Å². The standard InChI is InChI=1S/C41H63NO3/c1-8-9-10-14-31-15-17-32(18-16-31)30(5)42-45-39(43)44-34-23-25-40(6)33(27-34)19-20-35-37-22-21-36(29(4)13-11-12-28(2)3)41(37,7)26-24-38(35)40/h15-19,28-29,34-38H,8-14,20-27H2,1-7H3/b42-30+. The largest absolute Gasteiger partial charge is 0.535 e. The van der Waals surface area contributed by atoms with Gasteiger partial charge in [-0.3, -0.25) is 4.84 Å². The molecule has 4 aliphatic carbocycles. The van der Waals surface area contributed by atoms with E-state index in [1.54, 1.807) is 0 Å². The summed E-state index contributed by atoms with van der Waals surface area (Å²) in [5.41, 5.74) is 5.28. The van der Waals surface area contributed by atoms with Crippen LogP contribution in [0.5, 0.6) is 0 Å². The first-order chi connectivity index (χ1) is 21.5. The van der Waals surface area contributed by atoms with Gasteiger partial charge < -0.3 is 4.74 Å². The quantitative estimate of drug-likeness (QED) is 0.0585. The number of carbonyl (C=O) groups is 1. The van der Waals surface area contributed by atoms with E-state index >= 15 is 0 Å². The van der Waals surface area contributed by atoms with Gasteiger partial charge >= 0.3 is 6.16 Å². The highest BCUT2D eigenvalue weighted by atomic mass is 16.8. The Bertz CT molecular complexity index is 1200. The minimum Gasteiger partial charge on any atom is -0.429 e. The third-order valence-corrected chi connectivity index (χ3v) is 13.2. The number of benzene rings is 1. The summed E-state index contributed by atoms with van der Waals surface area (Å²) < 4.78 is 5.85. The molecule has 0 saturated heterocycles. The van der Waals surface area contributed by atoms with E-state index < -0.39 is 6.16 Å². The summed E-state index contributed by atoms with van der Waals surface area (Å²) in [5, 5.41) is 4.12. The lowest BCUT2D eigenvalue weighted by Crippen LogP contribution is -2.51. The second kappa shape index (κ2) is 14.8. The Morgan fingerprint density at radius 2 is 1.73 bits per heavy atom. The van der Waals surface area contributed by atoms with Crippen LogP contribution in [-0.4, -0.2) is 18.0 Å². The number of aryl methyl sites for hydroxylation is 1. The number of fused-ring (bicyclic) bond motifs is 5. The number of oxime groups is 1. The van der Waals surface area contributed by atoms with E-state index in [-0.39, 0.29) is 11.5 Å². The van der Waals surface area contributed by atoms with Crippen LogP contribution in [-0.2, 0) is 16.0 Å². The third kappa shape index (κ3) is 7.57. The number of hydrogen-bond donors (Lipinski definition) is 0. The molecule has 5 rings (SSSR count). The van der Waals surface area contributed by atoms with Gasteiger partial charge in [-0.2, -0.15) is 0 Å². The van der Waals surface area contributed by atoms with Crippen LogP contribution in [0.15, 0.2) is 41.1 Å². The van der Waals surface area contributed by atoms with E-state index in [0.717, 1.165) is 66.8 Å². The summed E-state index contributed by atoms with van der Waals surface area (Å²) >= 11 is 0. The molecule has 0 radical (unpaired) electrons. The van der Waals surface area contributed by atoms with Crippen LogP contribution < -0.4 is 0 Å². The molecule has 8 unspecified atom stereocenters. The lowest BCUT2D eigenvalue weighted by molar-refractivity contribution is -0.0616. The number of unbranched alkanes of at least 4 members (excludes halogenated alkanes) is 2. The highest BCUT2D eigenvalue weighted by Gasteiger charge is 2.59. The summed E-state index contributed by atoms with van der Waals surface area (Å²) in [7, 11) is 0. The van der Waals surface area contributed by atoms with Gasteiger partial charge in [-0.25, -0.2) is 4.79 Å². The van der Waals surface area contributed by atoms with Crippen LogP contribution in [0.3, 0.4) is 0 Å². The van der Waals surface area contributed by atoms with Crippen LogP contribution in [0, 0.1) is 46.3 Å². The maximum Gasteiger partial charge on any atom is 0.535 e. The van der Waals surface area contributed by atoms with Crippen LogP contribution >= 0.6 is 0 Å². The minimum absolute atomic E-state index is 0.123. The molecule has 0 amide bonds. The molecular weight excluding hydrogens is 554 g/mol. The zero-order valence-corrected chi connectivity index (χ0v) is 29.7. The number of carbonyl (C=O) groups excluding carboxylic acids is 1. The molecule has 45 heavy (non-hydrogen) atoms. The Balaban J connectivity index is 1.14. The predicted octanol–water partition coefficient (Wildman–Crippen LogP) is 11.7. The molecule has 0 aromatic heterocycles. The average Bonchev–Trinajstić information content (AvgIpc) is 3.37. The molecule has 0 spiro atoms. The van der Waals surface area contributed by atoms with Crippen molar-refractivity contribution in [2.75, 3.05) is 0 Å². The molecule has 3 fully saturated rings. The minimum atomic E-state index is -0.679. The van der Waals surface area contributed by atoms with E-state index in [0.29, 0.717) is 11.1 Å². The van der Waals surface area contributed by atoms with Crippen molar-refractivity contribution in [1.29, 1.82) is 0 Å². The number of nitrogens with zero attached hydrogens (tertiary/aromatic N) is 1. The Hall–Kier alpha value is -2.10. The van der Waals surface area contributed by atoms with Gasteiger partial charge in [0, 0.05) is 6.42 Å². The van der Waals surface area contributed by atoms with Gasteiger partial charge in [0.15, 0.2) is 0 Å². The normalized spacial score (nSPS) is 33.6. The topological polar surface area (TPSA) is 47.9 Å². The maximum atomic E-state index is 12.7. The van der Waals surface area contributed by atoms with E-state index in [9.17, 15) is 4.79 Å². The molecule has 3 saturated carbocycles. The Morgan fingerprint density at radius 3 is 2.47 bits per heavy atom. The molecule has 8 atom stereocenters. The summed E-state index contributed by atoms with van der Waals surface area (Å²) in [5.74, 6) is 5.01. The van der Waals surface area contributed by atoms with Crippen molar-refractivity contribution in [1.82, 2.24) is 0 Å². The predicted molar refractivity (Wildman–Crippen MR) is 186 cm³/mol. The molecule has 4 heteroatoms. The van der Waals surface area contributed by atoms with E-state index in [2.05, 4.69) is 77.0 Å². The van der Waals surface area contributed by atoms with Gasteiger partial charge in [0.2, 0.25) is 0 Å². The van der Waals surface area contributed by atoms with Crippen LogP contribution in [0.4, 0.5) is 4.79 Å². The summed E-state index contributed by atoms with van der Waals surface area (Å²) in [6.45, 7) is 16.6. The average molecular weight is 618 g/mol. The molecular formula is C41H63NO3. The zero-order valence-electron chi connectivity index (χ0n) is 29.7. The highest BCUT2D eigenvalue weighted by Crippen LogP contribution is 2.67. The molecule has 0 heterocycles. The van der Waals surface area contributed by atoms with Crippen LogP contribution in [0.25, 0.3) is 0 Å². The van der Waals surface area contributed by atoms with E-state index in [1.807, 2.05) is 6.92 Å². The second-order valence-electron chi connectivity index (χ2n) is 16.4. The van der Waals surface area contributed by atoms with Crippen molar-refractivity contribution in [3.8, 4) is 0 Å². The molecule has 0 bridgehead atoms. The monoisotopic (exact) mass is 617 g/mol. The fourth-order valence-electron chi connectivity index (χ4n) is 10.6. The number of rotatable bonds is 12. The van der Waals surface area contributed by atoms with Crippen LogP contribution in [0.2, 0.25) is 0 Å². The second-order valence-corrected chi connectivity index (χ2v) is 16.4. The SMILES string of the molecule is CCCCCc1ccc(/C(C)=N/OC(=O)OC2CCC3(C)C(=CCC4C3CCC3(C)C(C(C)CCCC(C)C)CCC43)C2)cc1. The molecule has 0 N–H and O–H groups in total. The molecule has 250 valence electrons. The molecule has 0 aliphatic heterocycles. The zero-order chi connectivity index (χ0) is 32.2. The molecule has 1 aromatic rings.